The molecule has 5 heteroatoms. The first-order chi connectivity index (χ1) is 20.4. The Morgan fingerprint density at radius 3 is 2.21 bits per heavy atom. The van der Waals surface area contributed by atoms with Gasteiger partial charge in [0.25, 0.3) is 0 Å². The number of phenols is 1. The largest absolute Gasteiger partial charge is 0.507 e. The van der Waals surface area contributed by atoms with Crippen molar-refractivity contribution in [1.29, 1.82) is 0 Å². The van der Waals surface area contributed by atoms with Gasteiger partial charge in [0.15, 0.2) is 0 Å². The number of aromatic hydroxyl groups is 1. The van der Waals surface area contributed by atoms with Gasteiger partial charge in [0, 0.05) is 38.6 Å². The van der Waals surface area contributed by atoms with Gasteiger partial charge in [0.2, 0.25) is 0 Å². The summed E-state index contributed by atoms with van der Waals surface area (Å²) in [5.74, 6) is 0.879. The number of aromatic nitrogens is 3. The van der Waals surface area contributed by atoms with Crippen LogP contribution in [0.2, 0.25) is 0 Å². The minimum Gasteiger partial charge on any atom is -0.507 e. The van der Waals surface area contributed by atoms with Crippen molar-refractivity contribution < 1.29 is 26.2 Å². The first-order valence-corrected chi connectivity index (χ1v) is 14.2. The van der Waals surface area contributed by atoms with Gasteiger partial charge in [-0.05, 0) is 47.4 Å². The summed E-state index contributed by atoms with van der Waals surface area (Å²) in [6.07, 6.45) is 1.82. The zero-order valence-corrected chi connectivity index (χ0v) is 26.4. The molecule has 0 aliphatic rings. The van der Waals surface area contributed by atoms with Crippen LogP contribution in [0.15, 0.2) is 121 Å². The zero-order valence-electron chi connectivity index (χ0n) is 24.2. The molecule has 0 saturated carbocycles. The van der Waals surface area contributed by atoms with E-state index in [0.29, 0.717) is 11.4 Å². The van der Waals surface area contributed by atoms with E-state index >= 15 is 0 Å². The molecule has 0 atom stereocenters. The fourth-order valence-electron chi connectivity index (χ4n) is 5.60. The quantitative estimate of drug-likeness (QED) is 0.183. The molecule has 43 heavy (non-hydrogen) atoms. The van der Waals surface area contributed by atoms with E-state index in [2.05, 4.69) is 91.0 Å². The Bertz CT molecular complexity index is 2080. The van der Waals surface area contributed by atoms with E-state index in [1.807, 2.05) is 60.8 Å². The summed E-state index contributed by atoms with van der Waals surface area (Å²) in [4.78, 5) is 9.95. The molecule has 0 unspecified atom stereocenters. The molecule has 1 N–H and O–H groups in total. The Kier molecular flexibility index (Phi) is 7.50. The van der Waals surface area contributed by atoms with Crippen molar-refractivity contribution in [3.05, 3.63) is 133 Å². The monoisotopic (exact) mass is 739 g/mol. The van der Waals surface area contributed by atoms with Crippen molar-refractivity contribution in [1.82, 2.24) is 14.5 Å². The standard InChI is InChI=1S/C38H30N3O.Pt/c1-38(2,3)27-23-31(26-21-25-13-7-8-16-29(25)32(22-26)33-18-11-12-20-39-33)36-34(24-27)41(28-14-5-4-6-15-28)37(40-36)30-17-9-10-19-35(30)42;/h4-21,23-24,42H,1-3H3;/q-1;. The summed E-state index contributed by atoms with van der Waals surface area (Å²) < 4.78 is 2.16. The molecule has 0 aliphatic heterocycles. The molecule has 0 aliphatic carbocycles. The maximum Gasteiger partial charge on any atom is 0.148 e. The van der Waals surface area contributed by atoms with Gasteiger partial charge in [-0.25, -0.2) is 4.98 Å². The smallest absolute Gasteiger partial charge is 0.148 e. The number of phenolic OH excluding ortho intramolecular Hbond substituents is 1. The molecule has 5 aromatic carbocycles. The van der Waals surface area contributed by atoms with Crippen molar-refractivity contribution in [2.45, 2.75) is 26.2 Å². The zero-order chi connectivity index (χ0) is 28.8. The van der Waals surface area contributed by atoms with Crippen molar-refractivity contribution in [3.63, 3.8) is 0 Å². The first-order valence-electron chi connectivity index (χ1n) is 14.2. The minimum absolute atomic E-state index is 0. The number of benzene rings is 5. The van der Waals surface area contributed by atoms with Crippen molar-refractivity contribution in [2.75, 3.05) is 0 Å². The van der Waals surface area contributed by atoms with E-state index in [1.54, 1.807) is 6.07 Å². The Labute approximate surface area is 266 Å². The number of rotatable bonds is 4. The minimum atomic E-state index is -0.121. The third-order valence-electron chi connectivity index (χ3n) is 7.79. The Hall–Kier alpha value is -4.53. The van der Waals surface area contributed by atoms with Crippen LogP contribution >= 0.6 is 0 Å². The summed E-state index contributed by atoms with van der Waals surface area (Å²) in [6, 6.07) is 42.4. The molecule has 214 valence electrons. The van der Waals surface area contributed by atoms with E-state index < -0.39 is 0 Å². The van der Waals surface area contributed by atoms with Gasteiger partial charge in [-0.1, -0.05) is 115 Å². The second-order valence-corrected chi connectivity index (χ2v) is 11.6. The number of hydrogen-bond donors (Lipinski definition) is 1. The predicted molar refractivity (Wildman–Crippen MR) is 172 cm³/mol. The third kappa shape index (κ3) is 5.17. The van der Waals surface area contributed by atoms with Gasteiger partial charge in [0.1, 0.15) is 11.6 Å². The van der Waals surface area contributed by atoms with Crippen LogP contribution in [0.3, 0.4) is 0 Å². The maximum absolute atomic E-state index is 10.9. The van der Waals surface area contributed by atoms with Crippen LogP contribution in [0.5, 0.6) is 5.75 Å². The van der Waals surface area contributed by atoms with E-state index in [1.165, 1.54) is 5.56 Å². The molecular weight excluding hydrogens is 710 g/mol. The van der Waals surface area contributed by atoms with Gasteiger partial charge < -0.3 is 5.11 Å². The van der Waals surface area contributed by atoms with E-state index in [4.69, 9.17) is 4.98 Å². The Morgan fingerprint density at radius 2 is 1.47 bits per heavy atom. The topological polar surface area (TPSA) is 50.9 Å². The Balaban J connectivity index is 0.00000329. The SMILES string of the molecule is CC(C)(C)c1cc(-c2[c-]c(-c3ccccn3)c3ccccc3c2)c2nc(-c3ccccc3O)n(-c3ccccc3)c2c1.[Pt]. The fourth-order valence-corrected chi connectivity index (χ4v) is 5.60. The van der Waals surface area contributed by atoms with E-state index in [0.717, 1.165) is 49.9 Å². The molecule has 0 amide bonds. The average Bonchev–Trinajstić information content (AvgIpc) is 3.40. The second-order valence-electron chi connectivity index (χ2n) is 11.6. The molecule has 4 nitrogen and oxygen atoms in total. The van der Waals surface area contributed by atoms with Crippen LogP contribution in [0, 0.1) is 6.07 Å². The van der Waals surface area contributed by atoms with Crippen LogP contribution in [-0.2, 0) is 26.5 Å². The Morgan fingerprint density at radius 1 is 0.744 bits per heavy atom. The van der Waals surface area contributed by atoms with Gasteiger partial charge >= 0.3 is 0 Å². The molecule has 0 saturated heterocycles. The van der Waals surface area contributed by atoms with Crippen LogP contribution < -0.4 is 0 Å². The molecule has 2 heterocycles. The van der Waals surface area contributed by atoms with Crippen LogP contribution in [-0.4, -0.2) is 19.6 Å². The van der Waals surface area contributed by atoms with Crippen LogP contribution in [0.4, 0.5) is 0 Å². The molecule has 0 bridgehead atoms. The number of fused-ring (bicyclic) bond motifs is 2. The van der Waals surface area contributed by atoms with E-state index in [-0.39, 0.29) is 32.2 Å². The summed E-state index contributed by atoms with van der Waals surface area (Å²) in [5, 5.41) is 13.2. The number of nitrogens with zero attached hydrogens (tertiary/aromatic N) is 3. The number of para-hydroxylation sites is 2. The van der Waals surface area contributed by atoms with Gasteiger partial charge in [0.05, 0.1) is 16.6 Å². The third-order valence-corrected chi connectivity index (χ3v) is 7.79. The first kappa shape index (κ1) is 28.6. The van der Waals surface area contributed by atoms with Crippen molar-refractivity contribution in [3.8, 4) is 45.2 Å². The second kappa shape index (κ2) is 11.3. The van der Waals surface area contributed by atoms with Crippen LogP contribution in [0.1, 0.15) is 26.3 Å². The maximum atomic E-state index is 10.9. The number of imidazole rings is 1. The van der Waals surface area contributed by atoms with E-state index in [9.17, 15) is 5.11 Å². The van der Waals surface area contributed by atoms with Gasteiger partial charge in [-0.3, -0.25) is 9.55 Å². The summed E-state index contributed by atoms with van der Waals surface area (Å²) in [6.45, 7) is 6.69. The molecule has 7 rings (SSSR count). The number of hydrogen-bond acceptors (Lipinski definition) is 3. The fraction of sp³-hybridized carbons (Fsp3) is 0.105. The van der Waals surface area contributed by atoms with Crippen molar-refractivity contribution >= 4 is 21.8 Å². The summed E-state index contributed by atoms with van der Waals surface area (Å²) in [5.41, 5.74) is 8.33. The van der Waals surface area contributed by atoms with Crippen molar-refractivity contribution in [2.24, 2.45) is 0 Å². The predicted octanol–water partition coefficient (Wildman–Crippen LogP) is 9.38. The normalized spacial score (nSPS) is 11.5. The molecule has 7 aromatic rings. The van der Waals surface area contributed by atoms with Gasteiger partial charge in [-0.15, -0.1) is 17.7 Å². The average molecular weight is 740 g/mol. The molecule has 2 aromatic heterocycles. The van der Waals surface area contributed by atoms with Gasteiger partial charge in [-0.2, -0.15) is 0 Å². The molecular formula is C38H30N3OPt-. The summed E-state index contributed by atoms with van der Waals surface area (Å²) in [7, 11) is 0. The summed E-state index contributed by atoms with van der Waals surface area (Å²) >= 11 is 0. The van der Waals surface area contributed by atoms with Crippen LogP contribution in [0.25, 0.3) is 61.3 Å². The molecule has 0 fully saturated rings. The molecule has 0 radical (unpaired) electrons. The number of pyridine rings is 1. The molecule has 0 spiro atoms.